The van der Waals surface area contributed by atoms with E-state index in [1.54, 1.807) is 0 Å². The van der Waals surface area contributed by atoms with Gasteiger partial charge in [-0.3, -0.25) is 9.59 Å². The average Bonchev–Trinajstić information content (AvgIpc) is 3.00. The molecule has 0 aromatic heterocycles. The second-order valence-corrected chi connectivity index (χ2v) is 4.73. The summed E-state index contributed by atoms with van der Waals surface area (Å²) in [5, 5.41) is 14.6. The molecule has 1 saturated carbocycles. The quantitative estimate of drug-likeness (QED) is 0.557. The lowest BCUT2D eigenvalue weighted by atomic mass is 10.1. The fraction of sp³-hybridized carbons (Fsp3) is 0.833. The number of hydrogen-bond donors (Lipinski definition) is 3. The van der Waals surface area contributed by atoms with Crippen molar-refractivity contribution in [2.75, 3.05) is 13.1 Å². The Morgan fingerprint density at radius 1 is 1.41 bits per heavy atom. The van der Waals surface area contributed by atoms with E-state index in [-0.39, 0.29) is 24.9 Å². The van der Waals surface area contributed by atoms with Gasteiger partial charge in [0.1, 0.15) is 0 Å². The molecule has 1 aliphatic carbocycles. The number of carboxylic acid groups (broad SMARTS) is 1. The Balaban J connectivity index is 2.16. The molecule has 0 aromatic rings. The van der Waals surface area contributed by atoms with E-state index < -0.39 is 5.97 Å². The van der Waals surface area contributed by atoms with Crippen molar-refractivity contribution in [2.45, 2.75) is 45.1 Å². The molecule has 3 N–H and O–H groups in total. The van der Waals surface area contributed by atoms with Crippen LogP contribution < -0.4 is 10.6 Å². The van der Waals surface area contributed by atoms with Crippen LogP contribution in [0.3, 0.4) is 0 Å². The third kappa shape index (κ3) is 6.94. The summed E-state index contributed by atoms with van der Waals surface area (Å²) >= 11 is 0. The molecule has 98 valence electrons. The number of nitrogens with one attached hydrogen (secondary N) is 2. The van der Waals surface area contributed by atoms with Crippen LogP contribution in [-0.2, 0) is 9.59 Å². The van der Waals surface area contributed by atoms with Crippen LogP contribution in [0.4, 0.5) is 0 Å². The summed E-state index contributed by atoms with van der Waals surface area (Å²) in [6, 6.07) is -0.243. The molecule has 1 fully saturated rings. The van der Waals surface area contributed by atoms with Crippen molar-refractivity contribution in [1.82, 2.24) is 10.6 Å². The normalized spacial score (nSPS) is 16.5. The number of carbonyl (C=O) groups is 2. The number of rotatable bonds is 9. The van der Waals surface area contributed by atoms with Gasteiger partial charge in [0.25, 0.3) is 0 Å². The second kappa shape index (κ2) is 7.27. The molecule has 1 unspecified atom stereocenters. The van der Waals surface area contributed by atoms with E-state index in [0.717, 1.165) is 18.9 Å². The molecular formula is C12H22N2O3. The molecule has 0 radical (unpaired) electrons. The van der Waals surface area contributed by atoms with Crippen molar-refractivity contribution in [3.63, 3.8) is 0 Å². The van der Waals surface area contributed by atoms with Crippen molar-refractivity contribution >= 4 is 11.9 Å². The maximum absolute atomic E-state index is 11.5. The Labute approximate surface area is 102 Å². The van der Waals surface area contributed by atoms with Crippen molar-refractivity contribution in [3.05, 3.63) is 0 Å². The van der Waals surface area contributed by atoms with E-state index >= 15 is 0 Å². The van der Waals surface area contributed by atoms with Gasteiger partial charge in [-0.1, -0.05) is 13.3 Å². The van der Waals surface area contributed by atoms with Crippen molar-refractivity contribution in [2.24, 2.45) is 5.92 Å². The molecule has 1 amide bonds. The summed E-state index contributed by atoms with van der Waals surface area (Å²) in [4.78, 5) is 22.2. The van der Waals surface area contributed by atoms with Crippen LogP contribution in [0.2, 0.25) is 0 Å². The van der Waals surface area contributed by atoms with Crippen LogP contribution in [0, 0.1) is 5.92 Å². The largest absolute Gasteiger partial charge is 0.481 e. The summed E-state index contributed by atoms with van der Waals surface area (Å²) in [6.45, 7) is 3.16. The van der Waals surface area contributed by atoms with E-state index in [1.807, 2.05) is 6.92 Å². The Bertz CT molecular complexity index is 264. The zero-order chi connectivity index (χ0) is 12.7. The van der Waals surface area contributed by atoms with Gasteiger partial charge in [0.05, 0.1) is 13.0 Å². The third-order valence-corrected chi connectivity index (χ3v) is 2.84. The van der Waals surface area contributed by atoms with Crippen LogP contribution in [-0.4, -0.2) is 36.1 Å². The van der Waals surface area contributed by atoms with Gasteiger partial charge in [-0.2, -0.15) is 0 Å². The van der Waals surface area contributed by atoms with Crippen LogP contribution in [0.5, 0.6) is 0 Å². The van der Waals surface area contributed by atoms with Gasteiger partial charge in [-0.05, 0) is 31.7 Å². The van der Waals surface area contributed by atoms with Crippen LogP contribution >= 0.6 is 0 Å². The molecule has 5 nitrogen and oxygen atoms in total. The number of hydrogen-bond acceptors (Lipinski definition) is 3. The zero-order valence-electron chi connectivity index (χ0n) is 10.4. The Hall–Kier alpha value is -1.10. The van der Waals surface area contributed by atoms with Crippen LogP contribution in [0.15, 0.2) is 0 Å². The first kappa shape index (κ1) is 14.0. The number of aliphatic carboxylic acids is 1. The molecule has 5 heteroatoms. The fourth-order valence-corrected chi connectivity index (χ4v) is 1.78. The minimum Gasteiger partial charge on any atom is -0.481 e. The maximum atomic E-state index is 11.5. The number of carboxylic acids is 1. The van der Waals surface area contributed by atoms with Crippen molar-refractivity contribution < 1.29 is 14.7 Å². The minimum atomic E-state index is -0.866. The van der Waals surface area contributed by atoms with Gasteiger partial charge in [-0.15, -0.1) is 0 Å². The van der Waals surface area contributed by atoms with Gasteiger partial charge >= 0.3 is 5.97 Å². The number of amides is 1. The summed E-state index contributed by atoms with van der Waals surface area (Å²) < 4.78 is 0. The van der Waals surface area contributed by atoms with E-state index in [4.69, 9.17) is 5.11 Å². The lowest BCUT2D eigenvalue weighted by Crippen LogP contribution is -2.41. The van der Waals surface area contributed by atoms with E-state index in [0.29, 0.717) is 6.42 Å². The summed E-state index contributed by atoms with van der Waals surface area (Å²) in [6.07, 6.45) is 4.09. The SMILES string of the molecule is CCCC(CC(=O)O)NC(=O)CNCC1CC1. The standard InChI is InChI=1S/C12H22N2O3/c1-2-3-10(6-12(16)17)14-11(15)8-13-7-9-4-5-9/h9-10,13H,2-8H2,1H3,(H,14,15)(H,16,17). The van der Waals surface area contributed by atoms with Gasteiger partial charge in [0.2, 0.25) is 5.91 Å². The van der Waals surface area contributed by atoms with Crippen molar-refractivity contribution in [3.8, 4) is 0 Å². The minimum absolute atomic E-state index is 0.00219. The lowest BCUT2D eigenvalue weighted by Gasteiger charge is -2.16. The van der Waals surface area contributed by atoms with Crippen LogP contribution in [0.1, 0.15) is 39.0 Å². The molecule has 17 heavy (non-hydrogen) atoms. The fourth-order valence-electron chi connectivity index (χ4n) is 1.78. The second-order valence-electron chi connectivity index (χ2n) is 4.73. The first-order chi connectivity index (χ1) is 8.11. The van der Waals surface area contributed by atoms with Gasteiger partial charge < -0.3 is 15.7 Å². The first-order valence-corrected chi connectivity index (χ1v) is 6.33. The molecule has 1 aliphatic rings. The molecule has 0 aromatic carbocycles. The van der Waals surface area contributed by atoms with Gasteiger partial charge in [-0.25, -0.2) is 0 Å². The highest BCUT2D eigenvalue weighted by molar-refractivity contribution is 5.79. The molecule has 0 aliphatic heterocycles. The highest BCUT2D eigenvalue weighted by Gasteiger charge is 2.21. The lowest BCUT2D eigenvalue weighted by molar-refractivity contribution is -0.137. The highest BCUT2D eigenvalue weighted by Crippen LogP contribution is 2.27. The molecule has 0 saturated heterocycles. The monoisotopic (exact) mass is 242 g/mol. The Morgan fingerprint density at radius 3 is 2.65 bits per heavy atom. The predicted molar refractivity (Wildman–Crippen MR) is 64.7 cm³/mol. The topological polar surface area (TPSA) is 78.4 Å². The molecular weight excluding hydrogens is 220 g/mol. The molecule has 0 spiro atoms. The van der Waals surface area contributed by atoms with E-state index in [1.165, 1.54) is 12.8 Å². The van der Waals surface area contributed by atoms with Gasteiger partial charge in [0.15, 0.2) is 0 Å². The molecule has 0 bridgehead atoms. The first-order valence-electron chi connectivity index (χ1n) is 6.33. The Kier molecular flexibility index (Phi) is 5.97. The highest BCUT2D eigenvalue weighted by atomic mass is 16.4. The van der Waals surface area contributed by atoms with Gasteiger partial charge in [0, 0.05) is 6.04 Å². The summed E-state index contributed by atoms with van der Waals surface area (Å²) in [5.74, 6) is -0.228. The van der Waals surface area contributed by atoms with Crippen molar-refractivity contribution in [1.29, 1.82) is 0 Å². The molecule has 0 heterocycles. The number of carbonyl (C=O) groups excluding carboxylic acids is 1. The Morgan fingerprint density at radius 2 is 2.12 bits per heavy atom. The van der Waals surface area contributed by atoms with E-state index in [9.17, 15) is 9.59 Å². The smallest absolute Gasteiger partial charge is 0.305 e. The molecule has 1 atom stereocenters. The molecule has 1 rings (SSSR count). The maximum Gasteiger partial charge on any atom is 0.305 e. The zero-order valence-corrected chi connectivity index (χ0v) is 10.4. The average molecular weight is 242 g/mol. The third-order valence-electron chi connectivity index (χ3n) is 2.84. The predicted octanol–water partition coefficient (Wildman–Crippen LogP) is 0.746. The van der Waals surface area contributed by atoms with Crippen LogP contribution in [0.25, 0.3) is 0 Å². The summed E-state index contributed by atoms with van der Waals surface area (Å²) in [7, 11) is 0. The summed E-state index contributed by atoms with van der Waals surface area (Å²) in [5.41, 5.74) is 0. The van der Waals surface area contributed by atoms with E-state index in [2.05, 4.69) is 10.6 Å².